The molecular formula is C39H59N5O3S2. The van der Waals surface area contributed by atoms with Gasteiger partial charge in [0.2, 0.25) is 9.84 Å². The molecule has 4 heterocycles. The number of rotatable bonds is 7. The fraction of sp³-hybridized carbons (Fsp3) is 0.615. The van der Waals surface area contributed by atoms with Crippen LogP contribution in [-0.4, -0.2) is 111 Å². The van der Waals surface area contributed by atoms with E-state index in [9.17, 15) is 13.5 Å². The Morgan fingerprint density at radius 1 is 0.857 bits per heavy atom. The van der Waals surface area contributed by atoms with Crippen LogP contribution < -0.4 is 4.90 Å². The molecule has 6 rings (SSSR count). The second-order valence-electron chi connectivity index (χ2n) is 15.8. The van der Waals surface area contributed by atoms with Crippen molar-refractivity contribution in [3.05, 3.63) is 48.7 Å². The zero-order chi connectivity index (χ0) is 35.3. The first kappa shape index (κ1) is 37.9. The van der Waals surface area contributed by atoms with Gasteiger partial charge in [0.1, 0.15) is 10.6 Å². The number of likely N-dealkylation sites (tertiary alicyclic amines) is 1. The van der Waals surface area contributed by atoms with Crippen LogP contribution in [0.25, 0.3) is 10.9 Å². The number of piperazine rings is 1. The Morgan fingerprint density at radius 2 is 1.43 bits per heavy atom. The van der Waals surface area contributed by atoms with Crippen LogP contribution >= 0.6 is 11.8 Å². The summed E-state index contributed by atoms with van der Waals surface area (Å²) in [4.78, 5) is 16.2. The molecule has 10 heteroatoms. The summed E-state index contributed by atoms with van der Waals surface area (Å²) in [5.74, 6) is 0.884. The van der Waals surface area contributed by atoms with E-state index >= 15 is 0 Å². The number of aromatic hydroxyl groups is 1. The summed E-state index contributed by atoms with van der Waals surface area (Å²) in [6, 6.07) is 13.1. The number of benzene rings is 2. The van der Waals surface area contributed by atoms with Crippen molar-refractivity contribution in [1.29, 1.82) is 0 Å². The molecule has 3 aromatic rings. The quantitative estimate of drug-likeness (QED) is 0.255. The average molecular weight is 710 g/mol. The van der Waals surface area contributed by atoms with Crippen LogP contribution in [0.15, 0.2) is 63.3 Å². The Hall–Kier alpha value is -2.37. The zero-order valence-corrected chi connectivity index (χ0v) is 32.5. The maximum atomic E-state index is 13.9. The minimum atomic E-state index is -3.84. The lowest BCUT2D eigenvalue weighted by Crippen LogP contribution is -2.54. The van der Waals surface area contributed by atoms with Crippen molar-refractivity contribution < 1.29 is 13.5 Å². The van der Waals surface area contributed by atoms with E-state index in [1.54, 1.807) is 11.8 Å². The Kier molecular flexibility index (Phi) is 12.6. The predicted octanol–water partition coefficient (Wildman–Crippen LogP) is 7.25. The molecule has 270 valence electrons. The van der Waals surface area contributed by atoms with Crippen LogP contribution in [-0.2, 0) is 9.84 Å². The molecule has 3 saturated heterocycles. The zero-order valence-electron chi connectivity index (χ0n) is 30.9. The first-order valence-electron chi connectivity index (χ1n) is 18.2. The highest BCUT2D eigenvalue weighted by Gasteiger charge is 2.34. The lowest BCUT2D eigenvalue weighted by molar-refractivity contribution is 0.0495. The molecule has 0 radical (unpaired) electrons. The van der Waals surface area contributed by atoms with Gasteiger partial charge < -0.3 is 19.8 Å². The number of hydrogen-bond donors (Lipinski definition) is 1. The second-order valence-corrected chi connectivity index (χ2v) is 18.6. The number of piperidine rings is 2. The van der Waals surface area contributed by atoms with E-state index in [2.05, 4.69) is 72.3 Å². The van der Waals surface area contributed by atoms with Gasteiger partial charge in [-0.1, -0.05) is 34.6 Å². The van der Waals surface area contributed by atoms with Gasteiger partial charge in [0.15, 0.2) is 0 Å². The van der Waals surface area contributed by atoms with Crippen molar-refractivity contribution in [2.24, 2.45) is 11.3 Å². The number of phenolic OH excluding ortho intramolecular Hbond substituents is 1. The fourth-order valence-electron chi connectivity index (χ4n) is 8.02. The summed E-state index contributed by atoms with van der Waals surface area (Å²) >= 11 is 1.64. The molecule has 3 aliphatic rings. The summed E-state index contributed by atoms with van der Waals surface area (Å²) in [5.41, 5.74) is 2.08. The van der Waals surface area contributed by atoms with Crippen molar-refractivity contribution in [3.63, 3.8) is 0 Å². The number of likely N-dealkylation sites (N-methyl/N-ethyl adjacent to an activating group) is 1. The first-order chi connectivity index (χ1) is 23.2. The van der Waals surface area contributed by atoms with Gasteiger partial charge in [-0.05, 0) is 112 Å². The van der Waals surface area contributed by atoms with Gasteiger partial charge in [0, 0.05) is 67.8 Å². The van der Waals surface area contributed by atoms with Crippen LogP contribution in [0.5, 0.6) is 5.75 Å². The first-order valence-corrected chi connectivity index (χ1v) is 20.9. The van der Waals surface area contributed by atoms with Gasteiger partial charge in [-0.15, -0.1) is 11.8 Å². The van der Waals surface area contributed by atoms with E-state index in [0.29, 0.717) is 17.5 Å². The number of sulfone groups is 1. The smallest absolute Gasteiger partial charge is 0.210 e. The molecule has 0 bridgehead atoms. The molecule has 8 nitrogen and oxygen atoms in total. The normalized spacial score (nSPS) is 19.7. The maximum absolute atomic E-state index is 13.9. The molecule has 3 aliphatic heterocycles. The molecule has 0 saturated carbocycles. The van der Waals surface area contributed by atoms with E-state index in [0.717, 1.165) is 66.4 Å². The largest absolute Gasteiger partial charge is 0.508 e. The van der Waals surface area contributed by atoms with Crippen LogP contribution in [0.1, 0.15) is 66.7 Å². The molecule has 0 atom stereocenters. The van der Waals surface area contributed by atoms with Crippen LogP contribution in [0, 0.1) is 11.3 Å². The van der Waals surface area contributed by atoms with Crippen LogP contribution in [0.2, 0.25) is 0 Å². The summed E-state index contributed by atoms with van der Waals surface area (Å²) in [6.45, 7) is 20.0. The third-order valence-electron chi connectivity index (χ3n) is 10.3. The standard InChI is InChI=1S/C31H41N5O3S2.C8H18/c1-33-17-19-35(20-18-33)24-9-13-34(14-10-24)23-11-15-36(16-12-23)31-28-21-26(40-2)5-8-29(28)32-22-30(31)41(38,39)27-6-3-25(37)4-7-27;1-7(2)6-8(3,4)5/h3-8,21-24,37H,9-20H2,1-2H3;7H,6H2,1-5H3. The third kappa shape index (κ3) is 9.70. The monoisotopic (exact) mass is 709 g/mol. The van der Waals surface area contributed by atoms with E-state index in [4.69, 9.17) is 0 Å². The molecule has 0 unspecified atom stereocenters. The van der Waals surface area contributed by atoms with Crippen molar-refractivity contribution in [3.8, 4) is 5.75 Å². The van der Waals surface area contributed by atoms with E-state index < -0.39 is 9.84 Å². The molecule has 1 N–H and O–H groups in total. The molecular weight excluding hydrogens is 651 g/mol. The van der Waals surface area contributed by atoms with Crippen molar-refractivity contribution >= 4 is 38.2 Å². The predicted molar refractivity (Wildman–Crippen MR) is 205 cm³/mol. The van der Waals surface area contributed by atoms with Crippen molar-refractivity contribution in [2.45, 2.75) is 93.5 Å². The second kappa shape index (κ2) is 16.3. The van der Waals surface area contributed by atoms with Gasteiger partial charge in [0.05, 0.1) is 16.1 Å². The number of nitrogens with zero attached hydrogens (tertiary/aromatic N) is 5. The molecule has 2 aromatic carbocycles. The van der Waals surface area contributed by atoms with Gasteiger partial charge >= 0.3 is 0 Å². The minimum Gasteiger partial charge on any atom is -0.508 e. The molecule has 0 amide bonds. The van der Waals surface area contributed by atoms with Crippen molar-refractivity contribution in [2.75, 3.05) is 70.6 Å². The highest BCUT2D eigenvalue weighted by Crippen LogP contribution is 2.39. The van der Waals surface area contributed by atoms with Crippen LogP contribution in [0.4, 0.5) is 5.69 Å². The summed E-state index contributed by atoms with van der Waals surface area (Å²) < 4.78 is 27.9. The van der Waals surface area contributed by atoms with E-state index in [-0.39, 0.29) is 15.5 Å². The Labute approximate surface area is 300 Å². The molecule has 1 aromatic heterocycles. The average Bonchev–Trinajstić information content (AvgIpc) is 3.07. The number of hydrogen-bond acceptors (Lipinski definition) is 9. The number of thioether (sulfide) groups is 1. The Balaban J connectivity index is 0.000000523. The third-order valence-corrected chi connectivity index (χ3v) is 12.8. The topological polar surface area (TPSA) is 80.2 Å². The summed E-state index contributed by atoms with van der Waals surface area (Å²) in [6.07, 6.45) is 9.40. The molecule has 3 fully saturated rings. The molecule has 49 heavy (non-hydrogen) atoms. The van der Waals surface area contributed by atoms with Gasteiger partial charge in [-0.3, -0.25) is 9.88 Å². The van der Waals surface area contributed by atoms with Gasteiger partial charge in [-0.2, -0.15) is 0 Å². The highest BCUT2D eigenvalue weighted by molar-refractivity contribution is 7.98. The van der Waals surface area contributed by atoms with Crippen molar-refractivity contribution in [1.82, 2.24) is 19.7 Å². The Bertz CT molecular complexity index is 1620. The highest BCUT2D eigenvalue weighted by atomic mass is 32.2. The number of aromatic nitrogens is 1. The lowest BCUT2D eigenvalue weighted by atomic mass is 9.86. The van der Waals surface area contributed by atoms with E-state index in [1.165, 1.54) is 75.9 Å². The maximum Gasteiger partial charge on any atom is 0.210 e. The number of anilines is 1. The summed E-state index contributed by atoms with van der Waals surface area (Å²) in [7, 11) is -1.62. The molecule has 0 aliphatic carbocycles. The van der Waals surface area contributed by atoms with E-state index in [1.807, 2.05) is 18.4 Å². The Morgan fingerprint density at radius 3 is 1.96 bits per heavy atom. The summed E-state index contributed by atoms with van der Waals surface area (Å²) in [5, 5.41) is 10.6. The van der Waals surface area contributed by atoms with Gasteiger partial charge in [-0.25, -0.2) is 8.42 Å². The fourth-order valence-corrected chi connectivity index (χ4v) is 9.90. The minimum absolute atomic E-state index is 0.0417. The van der Waals surface area contributed by atoms with Crippen LogP contribution in [0.3, 0.4) is 0 Å². The van der Waals surface area contributed by atoms with Gasteiger partial charge in [0.25, 0.3) is 0 Å². The molecule has 0 spiro atoms. The number of pyridine rings is 1. The number of phenols is 1. The lowest BCUT2D eigenvalue weighted by Gasteiger charge is -2.46. The number of fused-ring (bicyclic) bond motifs is 1. The SMILES string of the molecule is CC(C)CC(C)(C)C.CSc1ccc2ncc(S(=O)(=O)c3ccc(O)cc3)c(N3CCC(N4CCC(N5CCN(C)CC5)CC4)CC3)c2c1.